The van der Waals surface area contributed by atoms with E-state index in [1.54, 1.807) is 6.08 Å². The third kappa shape index (κ3) is 3.14. The molecule has 2 N–H and O–H groups in total. The Hall–Kier alpha value is -0.830. The van der Waals surface area contributed by atoms with Gasteiger partial charge in [0, 0.05) is 18.7 Å². The number of nitrogens with one attached hydrogen (secondary N) is 1. The van der Waals surface area contributed by atoms with Crippen LogP contribution in [0.3, 0.4) is 0 Å². The van der Waals surface area contributed by atoms with Gasteiger partial charge in [0.15, 0.2) is 0 Å². The number of rotatable bonds is 4. The van der Waals surface area contributed by atoms with Crippen LogP contribution >= 0.6 is 0 Å². The molecule has 0 radical (unpaired) electrons. The molecule has 80 valence electrons. The third-order valence-electron chi connectivity index (χ3n) is 3.22. The summed E-state index contributed by atoms with van der Waals surface area (Å²) in [6.07, 6.45) is 5.35. The van der Waals surface area contributed by atoms with E-state index in [4.69, 9.17) is 5.11 Å². The molecule has 0 bridgehead atoms. The van der Waals surface area contributed by atoms with Crippen LogP contribution in [0.15, 0.2) is 12.2 Å². The van der Waals surface area contributed by atoms with E-state index in [1.807, 2.05) is 0 Å². The van der Waals surface area contributed by atoms with Crippen LogP contribution in [0.5, 0.6) is 0 Å². The van der Waals surface area contributed by atoms with Gasteiger partial charge >= 0.3 is 5.97 Å². The van der Waals surface area contributed by atoms with Crippen molar-refractivity contribution in [2.45, 2.75) is 32.7 Å². The van der Waals surface area contributed by atoms with Crippen LogP contribution in [0.4, 0.5) is 0 Å². The highest BCUT2D eigenvalue weighted by molar-refractivity contribution is 5.79. The van der Waals surface area contributed by atoms with E-state index in [1.165, 1.54) is 18.9 Å². The SMILES string of the molecule is CC1CCC(NC/C=C/C(=O)O)C1C. The fraction of sp³-hybridized carbons (Fsp3) is 0.727. The molecule has 0 spiro atoms. The first-order chi connectivity index (χ1) is 6.61. The Morgan fingerprint density at radius 3 is 2.71 bits per heavy atom. The van der Waals surface area contributed by atoms with Crippen molar-refractivity contribution >= 4 is 5.97 Å². The second kappa shape index (κ2) is 5.15. The quantitative estimate of drug-likeness (QED) is 0.674. The topological polar surface area (TPSA) is 49.3 Å². The molecule has 1 aliphatic carbocycles. The van der Waals surface area contributed by atoms with Gasteiger partial charge < -0.3 is 10.4 Å². The van der Waals surface area contributed by atoms with Crippen LogP contribution in [0.1, 0.15) is 26.7 Å². The van der Waals surface area contributed by atoms with Crippen molar-refractivity contribution in [3.8, 4) is 0 Å². The molecule has 3 nitrogen and oxygen atoms in total. The number of carbonyl (C=O) groups is 1. The van der Waals surface area contributed by atoms with Crippen molar-refractivity contribution in [1.82, 2.24) is 5.32 Å². The molecular formula is C11H19NO2. The van der Waals surface area contributed by atoms with Gasteiger partial charge in [0.25, 0.3) is 0 Å². The molecule has 0 aromatic rings. The number of hydrogen-bond donors (Lipinski definition) is 2. The van der Waals surface area contributed by atoms with Gasteiger partial charge in [-0.15, -0.1) is 0 Å². The van der Waals surface area contributed by atoms with Gasteiger partial charge in [-0.2, -0.15) is 0 Å². The minimum atomic E-state index is -0.875. The summed E-state index contributed by atoms with van der Waals surface area (Å²) in [5.74, 6) is 0.615. The monoisotopic (exact) mass is 197 g/mol. The van der Waals surface area contributed by atoms with Crippen molar-refractivity contribution in [1.29, 1.82) is 0 Å². The number of carboxylic acid groups (broad SMARTS) is 1. The van der Waals surface area contributed by atoms with Crippen LogP contribution in [0, 0.1) is 11.8 Å². The number of aliphatic carboxylic acids is 1. The van der Waals surface area contributed by atoms with E-state index in [9.17, 15) is 4.79 Å². The van der Waals surface area contributed by atoms with Crippen molar-refractivity contribution in [2.24, 2.45) is 11.8 Å². The summed E-state index contributed by atoms with van der Waals surface area (Å²) in [7, 11) is 0. The molecule has 3 heteroatoms. The van der Waals surface area contributed by atoms with E-state index >= 15 is 0 Å². The van der Waals surface area contributed by atoms with Gasteiger partial charge in [0.05, 0.1) is 0 Å². The molecule has 3 atom stereocenters. The Morgan fingerprint density at radius 2 is 2.21 bits per heavy atom. The van der Waals surface area contributed by atoms with Crippen molar-refractivity contribution in [3.05, 3.63) is 12.2 Å². The van der Waals surface area contributed by atoms with Crippen LogP contribution < -0.4 is 5.32 Å². The Labute approximate surface area is 85.2 Å². The maximum absolute atomic E-state index is 10.2. The second-order valence-electron chi connectivity index (χ2n) is 4.17. The molecule has 1 fully saturated rings. The Bertz CT molecular complexity index is 225. The van der Waals surface area contributed by atoms with Crippen molar-refractivity contribution in [2.75, 3.05) is 6.54 Å². The molecule has 1 rings (SSSR count). The van der Waals surface area contributed by atoms with Crippen LogP contribution in [0.2, 0.25) is 0 Å². The normalized spacial score (nSPS) is 32.6. The van der Waals surface area contributed by atoms with E-state index in [2.05, 4.69) is 19.2 Å². The fourth-order valence-electron chi connectivity index (χ4n) is 2.03. The maximum atomic E-state index is 10.2. The molecule has 0 saturated heterocycles. The van der Waals surface area contributed by atoms with Crippen LogP contribution in [-0.4, -0.2) is 23.7 Å². The van der Waals surface area contributed by atoms with Gasteiger partial charge in [0.1, 0.15) is 0 Å². The van der Waals surface area contributed by atoms with E-state index in [-0.39, 0.29) is 0 Å². The second-order valence-corrected chi connectivity index (χ2v) is 4.17. The molecule has 0 heterocycles. The zero-order valence-electron chi connectivity index (χ0n) is 8.86. The first-order valence-corrected chi connectivity index (χ1v) is 5.24. The summed E-state index contributed by atoms with van der Waals surface area (Å²) >= 11 is 0. The van der Waals surface area contributed by atoms with Gasteiger partial charge in [0.2, 0.25) is 0 Å². The molecule has 0 aromatic heterocycles. The predicted octanol–water partition coefficient (Wildman–Crippen LogP) is 1.65. The third-order valence-corrected chi connectivity index (χ3v) is 3.22. The Balaban J connectivity index is 2.22. The van der Waals surface area contributed by atoms with Gasteiger partial charge in [-0.1, -0.05) is 19.9 Å². The molecular weight excluding hydrogens is 178 g/mol. The van der Waals surface area contributed by atoms with Crippen molar-refractivity contribution < 1.29 is 9.90 Å². The lowest BCUT2D eigenvalue weighted by Gasteiger charge is -2.18. The summed E-state index contributed by atoms with van der Waals surface area (Å²) in [4.78, 5) is 10.2. The lowest BCUT2D eigenvalue weighted by molar-refractivity contribution is -0.131. The van der Waals surface area contributed by atoms with E-state index in [0.717, 1.165) is 5.92 Å². The van der Waals surface area contributed by atoms with Crippen LogP contribution in [-0.2, 0) is 4.79 Å². The van der Waals surface area contributed by atoms with Gasteiger partial charge in [-0.3, -0.25) is 0 Å². The standard InChI is InChI=1S/C11H19NO2/c1-8-5-6-10(9(8)2)12-7-3-4-11(13)14/h3-4,8-10,12H,5-7H2,1-2H3,(H,13,14)/b4-3+. The maximum Gasteiger partial charge on any atom is 0.328 e. The predicted molar refractivity (Wildman–Crippen MR) is 56.1 cm³/mol. The molecule has 0 amide bonds. The Morgan fingerprint density at radius 1 is 1.50 bits per heavy atom. The zero-order chi connectivity index (χ0) is 10.6. The summed E-state index contributed by atoms with van der Waals surface area (Å²) in [5, 5.41) is 11.8. The largest absolute Gasteiger partial charge is 0.478 e. The molecule has 0 aromatic carbocycles. The average molecular weight is 197 g/mol. The molecule has 1 saturated carbocycles. The Kier molecular flexibility index (Phi) is 4.14. The summed E-state index contributed by atoms with van der Waals surface area (Å²) in [6, 6.07) is 0.559. The molecule has 14 heavy (non-hydrogen) atoms. The smallest absolute Gasteiger partial charge is 0.328 e. The van der Waals surface area contributed by atoms with Gasteiger partial charge in [-0.25, -0.2) is 4.79 Å². The first kappa shape index (κ1) is 11.2. The van der Waals surface area contributed by atoms with Gasteiger partial charge in [-0.05, 0) is 24.7 Å². The van der Waals surface area contributed by atoms with E-state index in [0.29, 0.717) is 18.5 Å². The fourth-order valence-corrected chi connectivity index (χ4v) is 2.03. The number of carboxylic acids is 1. The average Bonchev–Trinajstić information content (AvgIpc) is 2.43. The first-order valence-electron chi connectivity index (χ1n) is 5.24. The minimum Gasteiger partial charge on any atom is -0.478 e. The van der Waals surface area contributed by atoms with Crippen LogP contribution in [0.25, 0.3) is 0 Å². The lowest BCUT2D eigenvalue weighted by atomic mass is 9.98. The van der Waals surface area contributed by atoms with E-state index < -0.39 is 5.97 Å². The summed E-state index contributed by atoms with van der Waals surface area (Å²) in [6.45, 7) is 5.20. The highest BCUT2D eigenvalue weighted by Gasteiger charge is 2.28. The minimum absolute atomic E-state index is 0.559. The lowest BCUT2D eigenvalue weighted by Crippen LogP contribution is -2.32. The molecule has 3 unspecified atom stereocenters. The highest BCUT2D eigenvalue weighted by atomic mass is 16.4. The summed E-state index contributed by atoms with van der Waals surface area (Å²) in [5.41, 5.74) is 0. The number of hydrogen-bond acceptors (Lipinski definition) is 2. The van der Waals surface area contributed by atoms with Crippen molar-refractivity contribution in [3.63, 3.8) is 0 Å². The molecule has 1 aliphatic rings. The highest BCUT2D eigenvalue weighted by Crippen LogP contribution is 2.30. The summed E-state index contributed by atoms with van der Waals surface area (Å²) < 4.78 is 0. The zero-order valence-corrected chi connectivity index (χ0v) is 8.86. The molecule has 0 aliphatic heterocycles.